The van der Waals surface area contributed by atoms with Crippen LogP contribution in [0.1, 0.15) is 33.1 Å². The van der Waals surface area contributed by atoms with Gasteiger partial charge < -0.3 is 5.32 Å². The van der Waals surface area contributed by atoms with E-state index in [0.717, 1.165) is 19.6 Å². The Bertz CT molecular complexity index is 194. The summed E-state index contributed by atoms with van der Waals surface area (Å²) >= 11 is 5.59. The van der Waals surface area contributed by atoms with Gasteiger partial charge in [-0.25, -0.2) is 0 Å². The molecule has 0 aromatic heterocycles. The third kappa shape index (κ3) is 4.13. The van der Waals surface area contributed by atoms with Gasteiger partial charge in [-0.05, 0) is 12.8 Å². The van der Waals surface area contributed by atoms with E-state index < -0.39 is 0 Å². The first-order valence-electron chi connectivity index (χ1n) is 6.04. The molecule has 15 heavy (non-hydrogen) atoms. The SMILES string of the molecule is CCCC1CNC(CC)CN1C/C=C/Cl. The Balaban J connectivity index is 2.48. The highest BCUT2D eigenvalue weighted by molar-refractivity contribution is 6.25. The number of piperazine rings is 1. The Labute approximate surface area is 98.7 Å². The summed E-state index contributed by atoms with van der Waals surface area (Å²) < 4.78 is 0. The van der Waals surface area contributed by atoms with Crippen molar-refractivity contribution in [2.75, 3.05) is 19.6 Å². The second-order valence-electron chi connectivity index (χ2n) is 4.27. The first kappa shape index (κ1) is 13.0. The van der Waals surface area contributed by atoms with Crippen LogP contribution in [-0.2, 0) is 0 Å². The van der Waals surface area contributed by atoms with E-state index in [1.54, 1.807) is 5.54 Å². The molecule has 0 bridgehead atoms. The fourth-order valence-electron chi connectivity index (χ4n) is 2.22. The van der Waals surface area contributed by atoms with Crippen LogP contribution < -0.4 is 5.32 Å². The van der Waals surface area contributed by atoms with Crippen molar-refractivity contribution in [2.45, 2.75) is 45.2 Å². The highest BCUT2D eigenvalue weighted by atomic mass is 35.5. The van der Waals surface area contributed by atoms with Crippen LogP contribution in [0.2, 0.25) is 0 Å². The van der Waals surface area contributed by atoms with Crippen LogP contribution in [0.5, 0.6) is 0 Å². The summed E-state index contributed by atoms with van der Waals surface area (Å²) in [5, 5.41) is 3.61. The Morgan fingerprint density at radius 3 is 2.87 bits per heavy atom. The molecule has 0 aromatic rings. The highest BCUT2D eigenvalue weighted by Gasteiger charge is 2.25. The van der Waals surface area contributed by atoms with Crippen LogP contribution in [0.4, 0.5) is 0 Å². The number of halogens is 1. The van der Waals surface area contributed by atoms with Gasteiger partial charge in [-0.1, -0.05) is 37.9 Å². The number of hydrogen-bond acceptors (Lipinski definition) is 2. The van der Waals surface area contributed by atoms with Gasteiger partial charge in [-0.15, -0.1) is 0 Å². The summed E-state index contributed by atoms with van der Waals surface area (Å²) in [7, 11) is 0. The Hall–Kier alpha value is -0.0500. The molecule has 1 saturated heterocycles. The Morgan fingerprint density at radius 2 is 2.27 bits per heavy atom. The Morgan fingerprint density at radius 1 is 1.47 bits per heavy atom. The molecule has 2 unspecified atom stereocenters. The minimum Gasteiger partial charge on any atom is -0.311 e. The van der Waals surface area contributed by atoms with E-state index in [0.29, 0.717) is 12.1 Å². The Kier molecular flexibility index (Phi) is 6.30. The monoisotopic (exact) mass is 230 g/mol. The van der Waals surface area contributed by atoms with Gasteiger partial charge in [0.15, 0.2) is 0 Å². The lowest BCUT2D eigenvalue weighted by atomic mass is 10.0. The summed E-state index contributed by atoms with van der Waals surface area (Å²) in [5.41, 5.74) is 1.63. The van der Waals surface area contributed by atoms with Gasteiger partial charge in [0.2, 0.25) is 0 Å². The summed E-state index contributed by atoms with van der Waals surface area (Å²) in [6, 6.07) is 1.34. The molecule has 88 valence electrons. The largest absolute Gasteiger partial charge is 0.311 e. The number of hydrogen-bond donors (Lipinski definition) is 1. The summed E-state index contributed by atoms with van der Waals surface area (Å²) in [4.78, 5) is 2.55. The summed E-state index contributed by atoms with van der Waals surface area (Å²) in [5.74, 6) is 0. The molecule has 1 aliphatic rings. The van der Waals surface area contributed by atoms with E-state index in [-0.39, 0.29) is 0 Å². The van der Waals surface area contributed by atoms with Crippen LogP contribution >= 0.6 is 11.6 Å². The molecule has 2 nitrogen and oxygen atoms in total. The molecule has 1 heterocycles. The van der Waals surface area contributed by atoms with Crippen molar-refractivity contribution in [1.29, 1.82) is 0 Å². The van der Waals surface area contributed by atoms with Gasteiger partial charge in [-0.2, -0.15) is 0 Å². The zero-order valence-electron chi connectivity index (χ0n) is 9.88. The molecule has 0 radical (unpaired) electrons. The lowest BCUT2D eigenvalue weighted by molar-refractivity contribution is 0.135. The van der Waals surface area contributed by atoms with E-state index in [2.05, 4.69) is 24.1 Å². The van der Waals surface area contributed by atoms with Crippen LogP contribution in [0.15, 0.2) is 11.6 Å². The van der Waals surface area contributed by atoms with Crippen LogP contribution in [0.25, 0.3) is 0 Å². The molecule has 0 aromatic carbocycles. The smallest absolute Gasteiger partial charge is 0.0224 e. The lowest BCUT2D eigenvalue weighted by Crippen LogP contribution is -2.56. The van der Waals surface area contributed by atoms with Crippen LogP contribution in [0, 0.1) is 0 Å². The summed E-state index contributed by atoms with van der Waals surface area (Å²) in [6.07, 6.45) is 5.78. The van der Waals surface area contributed by atoms with Crippen LogP contribution in [-0.4, -0.2) is 36.6 Å². The standard InChI is InChI=1S/C12H23ClN2/c1-3-6-12-9-14-11(4-2)10-15(12)8-5-7-13/h5,7,11-12,14H,3-4,6,8-10H2,1-2H3/b7-5+. The number of nitrogens with zero attached hydrogens (tertiary/aromatic N) is 1. The fraction of sp³-hybridized carbons (Fsp3) is 0.833. The molecule has 3 heteroatoms. The minimum atomic E-state index is 0.654. The molecule has 1 N–H and O–H groups in total. The van der Waals surface area contributed by atoms with Gasteiger partial charge in [0.05, 0.1) is 0 Å². The average Bonchev–Trinajstić information content (AvgIpc) is 2.28. The maximum atomic E-state index is 5.59. The molecule has 1 fully saturated rings. The van der Waals surface area contributed by atoms with E-state index in [9.17, 15) is 0 Å². The maximum Gasteiger partial charge on any atom is 0.0224 e. The average molecular weight is 231 g/mol. The van der Waals surface area contributed by atoms with Crippen molar-refractivity contribution in [1.82, 2.24) is 10.2 Å². The summed E-state index contributed by atoms with van der Waals surface area (Å²) in [6.45, 7) is 7.77. The molecule has 0 aliphatic carbocycles. The quantitative estimate of drug-likeness (QED) is 0.781. The third-order valence-corrected chi connectivity index (χ3v) is 3.34. The zero-order valence-corrected chi connectivity index (χ0v) is 10.6. The van der Waals surface area contributed by atoms with Crippen molar-refractivity contribution >= 4 is 11.6 Å². The zero-order chi connectivity index (χ0) is 11.1. The van der Waals surface area contributed by atoms with E-state index in [4.69, 9.17) is 11.6 Å². The van der Waals surface area contributed by atoms with E-state index in [1.807, 2.05) is 6.08 Å². The van der Waals surface area contributed by atoms with Crippen molar-refractivity contribution in [3.63, 3.8) is 0 Å². The molecule has 1 aliphatic heterocycles. The molecule has 0 spiro atoms. The van der Waals surface area contributed by atoms with Crippen molar-refractivity contribution < 1.29 is 0 Å². The minimum absolute atomic E-state index is 0.654. The van der Waals surface area contributed by atoms with Gasteiger partial charge in [0.1, 0.15) is 0 Å². The molecule has 2 atom stereocenters. The fourth-order valence-corrected chi connectivity index (χ4v) is 2.30. The second-order valence-corrected chi connectivity index (χ2v) is 4.52. The molecule has 0 saturated carbocycles. The van der Waals surface area contributed by atoms with Crippen molar-refractivity contribution in [2.24, 2.45) is 0 Å². The molecule has 1 rings (SSSR count). The first-order chi connectivity index (χ1) is 7.31. The van der Waals surface area contributed by atoms with Crippen molar-refractivity contribution in [3.8, 4) is 0 Å². The lowest BCUT2D eigenvalue weighted by Gasteiger charge is -2.39. The topological polar surface area (TPSA) is 15.3 Å². The van der Waals surface area contributed by atoms with Gasteiger partial charge in [0, 0.05) is 37.3 Å². The normalized spacial score (nSPS) is 28.7. The molecule has 0 amide bonds. The first-order valence-corrected chi connectivity index (χ1v) is 6.48. The van der Waals surface area contributed by atoms with Crippen molar-refractivity contribution in [3.05, 3.63) is 11.6 Å². The van der Waals surface area contributed by atoms with Gasteiger partial charge in [-0.3, -0.25) is 4.90 Å². The van der Waals surface area contributed by atoms with Gasteiger partial charge >= 0.3 is 0 Å². The predicted molar refractivity (Wildman–Crippen MR) is 67.3 cm³/mol. The maximum absolute atomic E-state index is 5.59. The van der Waals surface area contributed by atoms with E-state index >= 15 is 0 Å². The number of nitrogens with one attached hydrogen (secondary N) is 1. The molecular formula is C12H23ClN2. The van der Waals surface area contributed by atoms with Gasteiger partial charge in [0.25, 0.3) is 0 Å². The van der Waals surface area contributed by atoms with Crippen LogP contribution in [0.3, 0.4) is 0 Å². The van der Waals surface area contributed by atoms with E-state index in [1.165, 1.54) is 19.3 Å². The predicted octanol–water partition coefficient (Wildman–Crippen LogP) is 2.59. The number of rotatable bonds is 5. The highest BCUT2D eigenvalue weighted by Crippen LogP contribution is 2.13. The third-order valence-electron chi connectivity index (χ3n) is 3.16. The second kappa shape index (κ2) is 7.26. The molecular weight excluding hydrogens is 208 g/mol.